The summed E-state index contributed by atoms with van der Waals surface area (Å²) >= 11 is 1.74. The van der Waals surface area contributed by atoms with Crippen LogP contribution in [0, 0.1) is 5.82 Å². The number of hydrogen-bond donors (Lipinski definition) is 0. The Labute approximate surface area is 198 Å². The van der Waals surface area contributed by atoms with Crippen LogP contribution in [0.25, 0.3) is 0 Å². The number of nitrogens with zero attached hydrogens (tertiary/aromatic N) is 2. The lowest BCUT2D eigenvalue weighted by atomic mass is 9.93. The Bertz CT molecular complexity index is 1100. The average molecular weight is 465 g/mol. The Morgan fingerprint density at radius 3 is 2.55 bits per heavy atom. The van der Waals surface area contributed by atoms with E-state index in [4.69, 9.17) is 0 Å². The Morgan fingerprint density at radius 1 is 1.12 bits per heavy atom. The van der Waals surface area contributed by atoms with Gasteiger partial charge in [0, 0.05) is 17.5 Å². The van der Waals surface area contributed by atoms with Crippen molar-refractivity contribution in [1.29, 1.82) is 0 Å². The fraction of sp³-hybridized carbons (Fsp3) is 0.333. The summed E-state index contributed by atoms with van der Waals surface area (Å²) in [5.74, 6) is -0.493. The van der Waals surface area contributed by atoms with Crippen LogP contribution in [0.15, 0.2) is 66.0 Å². The van der Waals surface area contributed by atoms with Gasteiger partial charge < -0.3 is 9.80 Å². The van der Waals surface area contributed by atoms with Gasteiger partial charge in [0.25, 0.3) is 0 Å². The molecule has 1 aromatic heterocycles. The number of fused-ring (bicyclic) bond motifs is 1. The van der Waals surface area contributed by atoms with E-state index in [0.29, 0.717) is 6.54 Å². The second-order valence-electron chi connectivity index (χ2n) is 8.53. The number of carbonyl (C=O) groups is 2. The number of amides is 2. The van der Waals surface area contributed by atoms with Crippen molar-refractivity contribution in [2.45, 2.75) is 45.2 Å². The molecule has 4 nitrogen and oxygen atoms in total. The first-order valence-corrected chi connectivity index (χ1v) is 12.3. The quantitative estimate of drug-likeness (QED) is 0.480. The molecule has 2 heterocycles. The van der Waals surface area contributed by atoms with Crippen LogP contribution < -0.4 is 0 Å². The normalized spacial score (nSPS) is 16.2. The minimum atomic E-state index is -0.329. The SMILES string of the molecule is CC[C@H](C)N(CC(=O)N1CCc2sccc2[C@H]1c1ccccc1)C(=O)Cc1ccc(F)cc1. The van der Waals surface area contributed by atoms with Crippen LogP contribution in [0.4, 0.5) is 4.39 Å². The Balaban J connectivity index is 1.56. The Morgan fingerprint density at radius 2 is 1.85 bits per heavy atom. The standard InChI is InChI=1S/C27H29FN2O2S/c1-3-19(2)30(25(31)17-20-9-11-22(28)12-10-20)18-26(32)29-15-13-24-23(14-16-33-24)27(29)21-7-5-4-6-8-21/h4-12,14,16,19,27H,3,13,15,17-18H2,1-2H3/t19-,27+/m0/s1. The van der Waals surface area contributed by atoms with E-state index in [9.17, 15) is 14.0 Å². The first-order chi connectivity index (χ1) is 16.0. The topological polar surface area (TPSA) is 40.6 Å². The third-order valence-corrected chi connectivity index (χ3v) is 7.42. The molecular weight excluding hydrogens is 435 g/mol. The van der Waals surface area contributed by atoms with E-state index in [2.05, 4.69) is 23.6 Å². The molecule has 0 unspecified atom stereocenters. The summed E-state index contributed by atoms with van der Waals surface area (Å²) in [5, 5.41) is 2.09. The molecule has 2 amide bonds. The summed E-state index contributed by atoms with van der Waals surface area (Å²) in [6.45, 7) is 4.65. The lowest BCUT2D eigenvalue weighted by Gasteiger charge is -2.38. The van der Waals surface area contributed by atoms with Crippen molar-refractivity contribution in [1.82, 2.24) is 9.80 Å². The van der Waals surface area contributed by atoms with Gasteiger partial charge in [0.15, 0.2) is 0 Å². The van der Waals surface area contributed by atoms with Crippen LogP contribution in [0.2, 0.25) is 0 Å². The number of carbonyl (C=O) groups excluding carboxylic acids is 2. The van der Waals surface area contributed by atoms with E-state index >= 15 is 0 Å². The minimum absolute atomic E-state index is 0.0395. The van der Waals surface area contributed by atoms with Gasteiger partial charge >= 0.3 is 0 Å². The van der Waals surface area contributed by atoms with Gasteiger partial charge in [-0.3, -0.25) is 9.59 Å². The molecule has 0 N–H and O–H groups in total. The fourth-order valence-corrected chi connectivity index (χ4v) is 5.31. The summed E-state index contributed by atoms with van der Waals surface area (Å²) in [6, 6.07) is 18.0. The van der Waals surface area contributed by atoms with Crippen LogP contribution in [0.1, 0.15) is 47.9 Å². The Hall–Kier alpha value is -2.99. The van der Waals surface area contributed by atoms with Crippen LogP contribution in [0.3, 0.4) is 0 Å². The first-order valence-electron chi connectivity index (χ1n) is 11.4. The highest BCUT2D eigenvalue weighted by Crippen LogP contribution is 2.37. The van der Waals surface area contributed by atoms with Gasteiger partial charge in [-0.2, -0.15) is 0 Å². The number of benzene rings is 2. The van der Waals surface area contributed by atoms with Crippen molar-refractivity contribution >= 4 is 23.2 Å². The largest absolute Gasteiger partial charge is 0.330 e. The third kappa shape index (κ3) is 5.17. The minimum Gasteiger partial charge on any atom is -0.330 e. The van der Waals surface area contributed by atoms with Gasteiger partial charge in [0.05, 0.1) is 12.5 Å². The molecule has 3 aromatic rings. The molecule has 4 rings (SSSR count). The van der Waals surface area contributed by atoms with Gasteiger partial charge in [0.2, 0.25) is 11.8 Å². The number of halogens is 1. The number of rotatable bonds is 7. The lowest BCUT2D eigenvalue weighted by Crippen LogP contribution is -2.49. The highest BCUT2D eigenvalue weighted by Gasteiger charge is 2.34. The maximum atomic E-state index is 13.6. The molecule has 0 saturated carbocycles. The zero-order valence-corrected chi connectivity index (χ0v) is 19.9. The van der Waals surface area contributed by atoms with Gasteiger partial charge in [0.1, 0.15) is 12.4 Å². The second-order valence-corrected chi connectivity index (χ2v) is 9.53. The van der Waals surface area contributed by atoms with E-state index in [1.54, 1.807) is 28.4 Å². The molecule has 1 aliphatic heterocycles. The zero-order valence-electron chi connectivity index (χ0n) is 19.0. The average Bonchev–Trinajstić information content (AvgIpc) is 3.32. The molecule has 172 valence electrons. The summed E-state index contributed by atoms with van der Waals surface area (Å²) < 4.78 is 13.3. The molecule has 2 aromatic carbocycles. The Kier molecular flexibility index (Phi) is 7.23. The number of hydrogen-bond acceptors (Lipinski definition) is 3. The van der Waals surface area contributed by atoms with Gasteiger partial charge in [-0.15, -0.1) is 11.3 Å². The number of thiophene rings is 1. The van der Waals surface area contributed by atoms with Crippen molar-refractivity contribution in [3.63, 3.8) is 0 Å². The van der Waals surface area contributed by atoms with Crippen molar-refractivity contribution in [2.75, 3.05) is 13.1 Å². The smallest absolute Gasteiger partial charge is 0.243 e. The third-order valence-electron chi connectivity index (χ3n) is 6.42. The molecule has 0 radical (unpaired) electrons. The first kappa shape index (κ1) is 23.2. The summed E-state index contributed by atoms with van der Waals surface area (Å²) in [4.78, 5) is 31.7. The second kappa shape index (κ2) is 10.3. The van der Waals surface area contributed by atoms with Crippen LogP contribution in [-0.2, 0) is 22.4 Å². The van der Waals surface area contributed by atoms with Crippen LogP contribution in [-0.4, -0.2) is 40.7 Å². The molecule has 1 aliphatic rings. The summed E-state index contributed by atoms with van der Waals surface area (Å²) in [6.07, 6.45) is 1.73. The summed E-state index contributed by atoms with van der Waals surface area (Å²) in [5.41, 5.74) is 3.00. The van der Waals surface area contributed by atoms with Crippen LogP contribution in [0.5, 0.6) is 0 Å². The van der Waals surface area contributed by atoms with E-state index in [1.165, 1.54) is 22.6 Å². The molecule has 2 atom stereocenters. The van der Waals surface area contributed by atoms with Gasteiger partial charge in [-0.05, 0) is 60.0 Å². The van der Waals surface area contributed by atoms with Crippen molar-refractivity contribution in [2.24, 2.45) is 0 Å². The van der Waals surface area contributed by atoms with Crippen molar-refractivity contribution in [3.8, 4) is 0 Å². The van der Waals surface area contributed by atoms with E-state index in [1.807, 2.05) is 36.9 Å². The highest BCUT2D eigenvalue weighted by atomic mass is 32.1. The molecular formula is C27H29FN2O2S. The van der Waals surface area contributed by atoms with E-state index in [0.717, 1.165) is 24.0 Å². The zero-order chi connectivity index (χ0) is 23.4. The van der Waals surface area contributed by atoms with Crippen molar-refractivity contribution < 1.29 is 14.0 Å². The van der Waals surface area contributed by atoms with E-state index in [-0.39, 0.29) is 42.7 Å². The van der Waals surface area contributed by atoms with Gasteiger partial charge in [-0.1, -0.05) is 49.4 Å². The molecule has 0 bridgehead atoms. The highest BCUT2D eigenvalue weighted by molar-refractivity contribution is 7.10. The maximum Gasteiger partial charge on any atom is 0.243 e. The molecule has 0 saturated heterocycles. The molecule has 0 aliphatic carbocycles. The lowest BCUT2D eigenvalue weighted by molar-refractivity contribution is -0.143. The molecule has 6 heteroatoms. The van der Waals surface area contributed by atoms with E-state index < -0.39 is 0 Å². The van der Waals surface area contributed by atoms with Crippen molar-refractivity contribution in [3.05, 3.63) is 93.4 Å². The fourth-order valence-electron chi connectivity index (χ4n) is 4.41. The predicted octanol–water partition coefficient (Wildman–Crippen LogP) is 5.23. The molecule has 0 spiro atoms. The van der Waals surface area contributed by atoms with Crippen LogP contribution >= 0.6 is 11.3 Å². The summed E-state index contributed by atoms with van der Waals surface area (Å²) in [7, 11) is 0. The molecule has 0 fully saturated rings. The monoisotopic (exact) mass is 464 g/mol. The predicted molar refractivity (Wildman–Crippen MR) is 130 cm³/mol. The molecule has 33 heavy (non-hydrogen) atoms. The van der Waals surface area contributed by atoms with Gasteiger partial charge in [-0.25, -0.2) is 4.39 Å². The maximum absolute atomic E-state index is 13.6.